The summed E-state index contributed by atoms with van der Waals surface area (Å²) in [7, 11) is 0. The third kappa shape index (κ3) is 2.87. The van der Waals surface area contributed by atoms with Gasteiger partial charge in [0.25, 0.3) is 0 Å². The second-order valence-corrected chi connectivity index (χ2v) is 7.16. The van der Waals surface area contributed by atoms with E-state index in [-0.39, 0.29) is 0 Å². The standard InChI is InChI=1S/C15H20ClNS/c16-7-5-12-6-8-17(10-12)11-14-9-13-3-1-2-4-15(13)18-14/h1-4,12,14H,5-11H2. The lowest BCUT2D eigenvalue weighted by Gasteiger charge is -2.19. The fourth-order valence-corrected chi connectivity index (χ4v) is 4.79. The molecule has 0 radical (unpaired) electrons. The summed E-state index contributed by atoms with van der Waals surface area (Å²) < 4.78 is 0. The molecule has 2 heterocycles. The summed E-state index contributed by atoms with van der Waals surface area (Å²) >= 11 is 7.91. The average molecular weight is 282 g/mol. The minimum Gasteiger partial charge on any atom is -0.302 e. The summed E-state index contributed by atoms with van der Waals surface area (Å²) in [4.78, 5) is 4.14. The molecule has 3 rings (SSSR count). The first kappa shape index (κ1) is 12.8. The number of nitrogens with zero attached hydrogens (tertiary/aromatic N) is 1. The van der Waals surface area contributed by atoms with Crippen molar-refractivity contribution in [3.05, 3.63) is 29.8 Å². The SMILES string of the molecule is ClCCC1CCN(CC2Cc3ccccc3S2)C1. The topological polar surface area (TPSA) is 3.24 Å². The predicted octanol–water partition coefficient (Wildman–Crippen LogP) is 3.65. The zero-order valence-corrected chi connectivity index (χ0v) is 12.2. The zero-order chi connectivity index (χ0) is 12.4. The van der Waals surface area contributed by atoms with Gasteiger partial charge in [0.05, 0.1) is 0 Å². The molecule has 1 fully saturated rings. The molecule has 0 aliphatic carbocycles. The molecule has 2 unspecified atom stereocenters. The van der Waals surface area contributed by atoms with Crippen molar-refractivity contribution in [1.29, 1.82) is 0 Å². The summed E-state index contributed by atoms with van der Waals surface area (Å²) in [5.41, 5.74) is 1.55. The van der Waals surface area contributed by atoms with Gasteiger partial charge in [0.2, 0.25) is 0 Å². The van der Waals surface area contributed by atoms with Gasteiger partial charge in [-0.25, -0.2) is 0 Å². The Morgan fingerprint density at radius 3 is 3.06 bits per heavy atom. The van der Waals surface area contributed by atoms with E-state index in [0.717, 1.165) is 17.0 Å². The molecule has 0 amide bonds. The Balaban J connectivity index is 1.51. The van der Waals surface area contributed by atoms with E-state index in [4.69, 9.17) is 11.6 Å². The number of thioether (sulfide) groups is 1. The first-order valence-corrected chi connectivity index (χ1v) is 8.29. The van der Waals surface area contributed by atoms with E-state index in [1.54, 1.807) is 5.56 Å². The highest BCUT2D eigenvalue weighted by Crippen LogP contribution is 2.37. The van der Waals surface area contributed by atoms with Crippen LogP contribution >= 0.6 is 23.4 Å². The van der Waals surface area contributed by atoms with Crippen LogP contribution in [0.25, 0.3) is 0 Å². The van der Waals surface area contributed by atoms with Gasteiger partial charge in [-0.3, -0.25) is 0 Å². The number of alkyl halides is 1. The van der Waals surface area contributed by atoms with Crippen LogP contribution in [0, 0.1) is 5.92 Å². The molecule has 2 aliphatic heterocycles. The molecule has 1 saturated heterocycles. The smallest absolute Gasteiger partial charge is 0.0263 e. The maximum absolute atomic E-state index is 5.84. The highest BCUT2D eigenvalue weighted by molar-refractivity contribution is 8.00. The van der Waals surface area contributed by atoms with Crippen LogP contribution in [0.15, 0.2) is 29.2 Å². The largest absolute Gasteiger partial charge is 0.302 e. The Morgan fingerprint density at radius 2 is 2.22 bits per heavy atom. The van der Waals surface area contributed by atoms with E-state index in [9.17, 15) is 0 Å². The summed E-state index contributed by atoms with van der Waals surface area (Å²) in [5.74, 6) is 1.67. The number of rotatable bonds is 4. The van der Waals surface area contributed by atoms with Crippen LogP contribution in [0.5, 0.6) is 0 Å². The minimum absolute atomic E-state index is 0.761. The number of hydrogen-bond acceptors (Lipinski definition) is 2. The van der Waals surface area contributed by atoms with Gasteiger partial charge in [-0.05, 0) is 43.4 Å². The summed E-state index contributed by atoms with van der Waals surface area (Å²) in [6.07, 6.45) is 3.78. The Labute approximate surface area is 119 Å². The van der Waals surface area contributed by atoms with E-state index < -0.39 is 0 Å². The monoisotopic (exact) mass is 281 g/mol. The normalized spacial score (nSPS) is 27.6. The van der Waals surface area contributed by atoms with Crippen molar-refractivity contribution in [2.24, 2.45) is 5.92 Å². The van der Waals surface area contributed by atoms with Gasteiger partial charge in [0, 0.05) is 29.1 Å². The van der Waals surface area contributed by atoms with Crippen molar-refractivity contribution in [1.82, 2.24) is 4.90 Å². The fraction of sp³-hybridized carbons (Fsp3) is 0.600. The molecular weight excluding hydrogens is 262 g/mol. The van der Waals surface area contributed by atoms with Gasteiger partial charge < -0.3 is 4.90 Å². The summed E-state index contributed by atoms with van der Waals surface area (Å²) in [6, 6.07) is 8.86. The van der Waals surface area contributed by atoms with Crippen molar-refractivity contribution < 1.29 is 0 Å². The van der Waals surface area contributed by atoms with Crippen LogP contribution in [0.2, 0.25) is 0 Å². The van der Waals surface area contributed by atoms with Gasteiger partial charge in [-0.15, -0.1) is 23.4 Å². The molecule has 1 nitrogen and oxygen atoms in total. The van der Waals surface area contributed by atoms with Gasteiger partial charge in [-0.2, -0.15) is 0 Å². The van der Waals surface area contributed by atoms with Crippen LogP contribution < -0.4 is 0 Å². The Kier molecular flexibility index (Phi) is 4.17. The van der Waals surface area contributed by atoms with Crippen LogP contribution in [-0.2, 0) is 6.42 Å². The van der Waals surface area contributed by atoms with E-state index in [0.29, 0.717) is 0 Å². The second-order valence-electron chi connectivity index (χ2n) is 5.44. The average Bonchev–Trinajstić information content (AvgIpc) is 2.96. The van der Waals surface area contributed by atoms with E-state index in [2.05, 4.69) is 40.9 Å². The molecule has 18 heavy (non-hydrogen) atoms. The lowest BCUT2D eigenvalue weighted by Crippen LogP contribution is -2.29. The third-order valence-corrected chi connectivity index (χ3v) is 5.58. The van der Waals surface area contributed by atoms with Gasteiger partial charge in [0.1, 0.15) is 0 Å². The number of hydrogen-bond donors (Lipinski definition) is 0. The van der Waals surface area contributed by atoms with Crippen molar-refractivity contribution in [2.45, 2.75) is 29.4 Å². The number of likely N-dealkylation sites (tertiary alicyclic amines) is 1. The van der Waals surface area contributed by atoms with E-state index in [1.807, 2.05) is 0 Å². The highest BCUT2D eigenvalue weighted by atomic mass is 35.5. The predicted molar refractivity (Wildman–Crippen MR) is 79.7 cm³/mol. The van der Waals surface area contributed by atoms with Crippen LogP contribution in [0.1, 0.15) is 18.4 Å². The van der Waals surface area contributed by atoms with E-state index in [1.165, 1.54) is 43.8 Å². The summed E-state index contributed by atoms with van der Waals surface area (Å²) in [6.45, 7) is 3.78. The van der Waals surface area contributed by atoms with Crippen molar-refractivity contribution in [2.75, 3.05) is 25.5 Å². The molecule has 2 atom stereocenters. The van der Waals surface area contributed by atoms with Crippen molar-refractivity contribution in [3.63, 3.8) is 0 Å². The van der Waals surface area contributed by atoms with E-state index >= 15 is 0 Å². The molecule has 0 saturated carbocycles. The molecule has 0 bridgehead atoms. The number of halogens is 1. The maximum Gasteiger partial charge on any atom is 0.0263 e. The molecule has 1 aromatic carbocycles. The Morgan fingerprint density at radius 1 is 1.33 bits per heavy atom. The molecule has 0 N–H and O–H groups in total. The Hall–Kier alpha value is -0.180. The third-order valence-electron chi connectivity index (χ3n) is 4.06. The molecular formula is C15H20ClNS. The molecule has 98 valence electrons. The Bertz CT molecular complexity index is 384. The highest BCUT2D eigenvalue weighted by Gasteiger charge is 2.27. The summed E-state index contributed by atoms with van der Waals surface area (Å²) in [5, 5.41) is 0.761. The maximum atomic E-state index is 5.84. The van der Waals surface area contributed by atoms with Crippen LogP contribution in [0.3, 0.4) is 0 Å². The first-order valence-electron chi connectivity index (χ1n) is 6.88. The first-order chi connectivity index (χ1) is 8.85. The lowest BCUT2D eigenvalue weighted by molar-refractivity contribution is 0.324. The molecule has 1 aromatic rings. The number of fused-ring (bicyclic) bond motifs is 1. The van der Waals surface area contributed by atoms with Crippen LogP contribution in [0.4, 0.5) is 0 Å². The molecule has 0 spiro atoms. The van der Waals surface area contributed by atoms with Crippen molar-refractivity contribution >= 4 is 23.4 Å². The van der Waals surface area contributed by atoms with Crippen LogP contribution in [-0.4, -0.2) is 35.7 Å². The fourth-order valence-electron chi connectivity index (χ4n) is 3.11. The van der Waals surface area contributed by atoms with Gasteiger partial charge in [0.15, 0.2) is 0 Å². The lowest BCUT2D eigenvalue weighted by atomic mass is 10.1. The molecule has 2 aliphatic rings. The number of benzene rings is 1. The molecule has 3 heteroatoms. The minimum atomic E-state index is 0.761. The van der Waals surface area contributed by atoms with Gasteiger partial charge >= 0.3 is 0 Å². The molecule has 0 aromatic heterocycles. The van der Waals surface area contributed by atoms with Gasteiger partial charge in [-0.1, -0.05) is 18.2 Å². The quantitative estimate of drug-likeness (QED) is 0.775. The van der Waals surface area contributed by atoms with Crippen molar-refractivity contribution in [3.8, 4) is 0 Å². The second kappa shape index (κ2) is 5.85. The zero-order valence-electron chi connectivity index (χ0n) is 10.6.